The molecule has 0 heterocycles. The zero-order chi connectivity index (χ0) is 23.2. The molecule has 0 aromatic heterocycles. The number of aliphatic hydroxyl groups excluding tert-OH is 1. The molecular formula is C23H27N3O5S. The maximum atomic E-state index is 12.2. The fourth-order valence-electron chi connectivity index (χ4n) is 2.79. The molecule has 0 saturated heterocycles. The van der Waals surface area contributed by atoms with E-state index in [9.17, 15) is 14.4 Å². The SMILES string of the molecule is O=C(CCC(=O)OCCCc1ccccc1)NC(=S)Nc1ccccc1C(=O)NCCO. The van der Waals surface area contributed by atoms with Gasteiger partial charge in [0.1, 0.15) is 0 Å². The Balaban J connectivity index is 1.69. The number of para-hydroxylation sites is 1. The minimum absolute atomic E-state index is 0.00800. The van der Waals surface area contributed by atoms with Crippen molar-refractivity contribution in [1.29, 1.82) is 0 Å². The first-order valence-corrected chi connectivity index (χ1v) is 10.7. The van der Waals surface area contributed by atoms with Gasteiger partial charge in [-0.15, -0.1) is 0 Å². The number of anilines is 1. The van der Waals surface area contributed by atoms with Gasteiger partial charge in [0.05, 0.1) is 30.9 Å². The second-order valence-electron chi connectivity index (χ2n) is 6.84. The number of aryl methyl sites for hydroxylation is 1. The van der Waals surface area contributed by atoms with E-state index >= 15 is 0 Å². The third-order valence-electron chi connectivity index (χ3n) is 4.34. The molecule has 0 fully saturated rings. The first kappa shape index (κ1) is 25.0. The summed E-state index contributed by atoms with van der Waals surface area (Å²) in [6.07, 6.45) is 1.40. The van der Waals surface area contributed by atoms with Crippen LogP contribution >= 0.6 is 12.2 Å². The molecule has 8 nitrogen and oxygen atoms in total. The molecule has 0 atom stereocenters. The summed E-state index contributed by atoms with van der Waals surface area (Å²) in [7, 11) is 0. The Labute approximate surface area is 192 Å². The van der Waals surface area contributed by atoms with E-state index in [0.29, 0.717) is 24.3 Å². The molecule has 4 N–H and O–H groups in total. The molecule has 0 aliphatic rings. The van der Waals surface area contributed by atoms with Crippen LogP contribution in [0.2, 0.25) is 0 Å². The summed E-state index contributed by atoms with van der Waals surface area (Å²) in [4.78, 5) is 36.0. The average molecular weight is 458 g/mol. The third kappa shape index (κ3) is 9.23. The Morgan fingerprint density at radius 1 is 0.969 bits per heavy atom. The van der Waals surface area contributed by atoms with Crippen molar-refractivity contribution in [2.75, 3.05) is 25.1 Å². The number of thiocarbonyl (C=S) groups is 1. The summed E-state index contributed by atoms with van der Waals surface area (Å²) in [5.74, 6) is -1.27. The molecule has 0 aliphatic heterocycles. The Morgan fingerprint density at radius 2 is 1.69 bits per heavy atom. The van der Waals surface area contributed by atoms with Gasteiger partial charge in [-0.25, -0.2) is 0 Å². The van der Waals surface area contributed by atoms with E-state index < -0.39 is 11.9 Å². The standard InChI is InChI=1S/C23H27N3O5S/c27-15-14-24-22(30)18-10-4-5-11-19(18)25-23(32)26-20(28)12-13-21(29)31-16-6-9-17-7-2-1-3-8-17/h1-5,7-8,10-11,27H,6,9,12-16H2,(H,24,30)(H2,25,26,28,32). The number of esters is 1. The van der Waals surface area contributed by atoms with Crippen molar-refractivity contribution in [3.8, 4) is 0 Å². The highest BCUT2D eigenvalue weighted by molar-refractivity contribution is 7.80. The maximum absolute atomic E-state index is 12.2. The second kappa shape index (κ2) is 13.9. The lowest BCUT2D eigenvalue weighted by Gasteiger charge is -2.13. The lowest BCUT2D eigenvalue weighted by atomic mass is 10.1. The quantitative estimate of drug-likeness (QED) is 0.232. The zero-order valence-corrected chi connectivity index (χ0v) is 18.5. The number of rotatable bonds is 11. The lowest BCUT2D eigenvalue weighted by molar-refractivity contribution is -0.145. The predicted molar refractivity (Wildman–Crippen MR) is 125 cm³/mol. The molecule has 0 spiro atoms. The lowest BCUT2D eigenvalue weighted by Crippen LogP contribution is -2.35. The summed E-state index contributed by atoms with van der Waals surface area (Å²) in [5.41, 5.74) is 1.90. The number of hydrogen-bond donors (Lipinski definition) is 4. The van der Waals surface area contributed by atoms with Gasteiger partial charge in [-0.05, 0) is 42.8 Å². The van der Waals surface area contributed by atoms with Gasteiger partial charge in [0.25, 0.3) is 5.91 Å². The molecule has 170 valence electrons. The monoisotopic (exact) mass is 457 g/mol. The van der Waals surface area contributed by atoms with E-state index in [-0.39, 0.29) is 37.0 Å². The van der Waals surface area contributed by atoms with Gasteiger partial charge < -0.3 is 25.8 Å². The maximum Gasteiger partial charge on any atom is 0.306 e. The van der Waals surface area contributed by atoms with Gasteiger partial charge in [0.15, 0.2) is 5.11 Å². The van der Waals surface area contributed by atoms with Crippen LogP contribution in [0.3, 0.4) is 0 Å². The van der Waals surface area contributed by atoms with Crippen molar-refractivity contribution in [3.63, 3.8) is 0 Å². The number of carbonyl (C=O) groups excluding carboxylic acids is 3. The van der Waals surface area contributed by atoms with E-state index in [1.165, 1.54) is 5.56 Å². The van der Waals surface area contributed by atoms with Crippen LogP contribution in [0.1, 0.15) is 35.2 Å². The van der Waals surface area contributed by atoms with Crippen molar-refractivity contribution in [2.45, 2.75) is 25.7 Å². The van der Waals surface area contributed by atoms with Gasteiger partial charge in [0.2, 0.25) is 5.91 Å². The number of amides is 2. The first-order valence-electron chi connectivity index (χ1n) is 10.3. The molecule has 2 rings (SSSR count). The molecule has 0 saturated carbocycles. The van der Waals surface area contributed by atoms with Crippen LogP contribution in [0.25, 0.3) is 0 Å². The summed E-state index contributed by atoms with van der Waals surface area (Å²) >= 11 is 5.13. The van der Waals surface area contributed by atoms with E-state index in [1.807, 2.05) is 30.3 Å². The van der Waals surface area contributed by atoms with Gasteiger partial charge in [0, 0.05) is 13.0 Å². The van der Waals surface area contributed by atoms with Crippen LogP contribution in [0.5, 0.6) is 0 Å². The number of nitrogens with one attached hydrogen (secondary N) is 3. The van der Waals surface area contributed by atoms with Crippen molar-refractivity contribution in [2.24, 2.45) is 0 Å². The molecule has 2 amide bonds. The van der Waals surface area contributed by atoms with Crippen LogP contribution in [0.15, 0.2) is 54.6 Å². The van der Waals surface area contributed by atoms with Crippen molar-refractivity contribution < 1.29 is 24.2 Å². The average Bonchev–Trinajstić information content (AvgIpc) is 2.80. The molecule has 2 aromatic carbocycles. The number of benzene rings is 2. The minimum atomic E-state index is -0.446. The molecule has 0 aliphatic carbocycles. The summed E-state index contributed by atoms with van der Waals surface area (Å²) in [5, 5.41) is 16.7. The molecule has 2 aromatic rings. The summed E-state index contributed by atoms with van der Waals surface area (Å²) < 4.78 is 5.16. The van der Waals surface area contributed by atoms with Crippen molar-refractivity contribution in [3.05, 3.63) is 65.7 Å². The highest BCUT2D eigenvalue weighted by Gasteiger charge is 2.13. The predicted octanol–water partition coefficient (Wildman–Crippen LogP) is 2.18. The van der Waals surface area contributed by atoms with Crippen molar-refractivity contribution in [1.82, 2.24) is 10.6 Å². The Bertz CT molecular complexity index is 921. The Hall–Kier alpha value is -3.30. The van der Waals surface area contributed by atoms with E-state index in [4.69, 9.17) is 22.1 Å². The summed E-state index contributed by atoms with van der Waals surface area (Å²) in [6.45, 7) is 0.242. The topological polar surface area (TPSA) is 117 Å². The number of aliphatic hydroxyl groups is 1. The molecule has 32 heavy (non-hydrogen) atoms. The molecular weight excluding hydrogens is 430 g/mol. The van der Waals surface area contributed by atoms with Crippen LogP contribution in [0.4, 0.5) is 5.69 Å². The van der Waals surface area contributed by atoms with Crippen molar-refractivity contribution >= 4 is 40.8 Å². The van der Waals surface area contributed by atoms with Gasteiger partial charge in [-0.3, -0.25) is 14.4 Å². The smallest absolute Gasteiger partial charge is 0.306 e. The van der Waals surface area contributed by atoms with Gasteiger partial charge >= 0.3 is 5.97 Å². The highest BCUT2D eigenvalue weighted by Crippen LogP contribution is 2.14. The molecule has 0 unspecified atom stereocenters. The molecule has 0 radical (unpaired) electrons. The van der Waals surface area contributed by atoms with Crippen LogP contribution in [0, 0.1) is 0 Å². The van der Waals surface area contributed by atoms with E-state index in [2.05, 4.69) is 16.0 Å². The van der Waals surface area contributed by atoms with Gasteiger partial charge in [-0.1, -0.05) is 42.5 Å². The largest absolute Gasteiger partial charge is 0.466 e. The van der Waals surface area contributed by atoms with E-state index in [0.717, 1.165) is 6.42 Å². The number of carbonyl (C=O) groups is 3. The zero-order valence-electron chi connectivity index (χ0n) is 17.6. The number of hydrogen-bond acceptors (Lipinski definition) is 6. The molecule has 9 heteroatoms. The number of ether oxygens (including phenoxy) is 1. The third-order valence-corrected chi connectivity index (χ3v) is 4.55. The first-order chi connectivity index (χ1) is 15.5. The Kier molecular flexibility index (Phi) is 10.8. The second-order valence-corrected chi connectivity index (χ2v) is 7.25. The van der Waals surface area contributed by atoms with Crippen LogP contribution in [-0.4, -0.2) is 47.8 Å². The fraction of sp³-hybridized carbons (Fsp3) is 0.304. The highest BCUT2D eigenvalue weighted by atomic mass is 32.1. The minimum Gasteiger partial charge on any atom is -0.466 e. The van der Waals surface area contributed by atoms with Crippen LogP contribution < -0.4 is 16.0 Å². The summed E-state index contributed by atoms with van der Waals surface area (Å²) in [6, 6.07) is 16.5. The van der Waals surface area contributed by atoms with E-state index in [1.54, 1.807) is 24.3 Å². The Morgan fingerprint density at radius 3 is 2.44 bits per heavy atom. The van der Waals surface area contributed by atoms with Gasteiger partial charge in [-0.2, -0.15) is 0 Å². The van der Waals surface area contributed by atoms with Crippen LogP contribution in [-0.2, 0) is 20.7 Å². The normalized spacial score (nSPS) is 10.2. The molecule has 0 bridgehead atoms. The fourth-order valence-corrected chi connectivity index (χ4v) is 3.02.